The van der Waals surface area contributed by atoms with Gasteiger partial charge < -0.3 is 10.2 Å². The summed E-state index contributed by atoms with van der Waals surface area (Å²) in [5, 5.41) is 3.39. The molecule has 2 aliphatic rings. The molecule has 2 aliphatic heterocycles. The summed E-state index contributed by atoms with van der Waals surface area (Å²) in [6.45, 7) is 4.67. The molecule has 0 aliphatic carbocycles. The van der Waals surface area contributed by atoms with E-state index in [1.807, 2.05) is 24.0 Å². The van der Waals surface area contributed by atoms with Gasteiger partial charge in [0.2, 0.25) is 5.91 Å². The first-order valence-electron chi connectivity index (χ1n) is 12.0. The Bertz CT molecular complexity index is 1080. The minimum absolute atomic E-state index is 0.0546. The molecular formula is C27H32ClN3O3. The van der Waals surface area contributed by atoms with Crippen molar-refractivity contribution in [2.75, 3.05) is 20.1 Å². The second-order valence-electron chi connectivity index (χ2n) is 9.37. The number of amides is 2. The molecule has 2 fully saturated rings. The molecule has 0 spiro atoms. The first kappa shape index (κ1) is 24.4. The van der Waals surface area contributed by atoms with E-state index in [0.29, 0.717) is 18.4 Å². The highest BCUT2D eigenvalue weighted by molar-refractivity contribution is 6.31. The molecular weight excluding hydrogens is 450 g/mol. The molecule has 180 valence electrons. The highest BCUT2D eigenvalue weighted by Gasteiger charge is 2.40. The van der Waals surface area contributed by atoms with Gasteiger partial charge in [-0.25, -0.2) is 0 Å². The third kappa shape index (κ3) is 5.50. The van der Waals surface area contributed by atoms with Crippen LogP contribution in [-0.2, 0) is 22.6 Å². The SMILES string of the molecule is CNC(=O)c1cccc(CC(=O)[C@H]2CCC(=O)N2C2CCN(Cc3ccc(Cl)c(C)c3)CC2)c1. The quantitative estimate of drug-likeness (QED) is 0.653. The Balaban J connectivity index is 1.37. The van der Waals surface area contributed by atoms with E-state index in [1.54, 1.807) is 25.2 Å². The standard InChI is InChI=1S/C27H32ClN3O3/c1-18-14-20(6-7-23(18)28)17-30-12-10-22(11-13-30)31-24(8-9-26(31)33)25(32)16-19-4-3-5-21(15-19)27(34)29-2/h3-7,14-15,22,24H,8-13,16-17H2,1-2H3,(H,29,34)/t24-/m1/s1. The maximum absolute atomic E-state index is 13.2. The monoisotopic (exact) mass is 481 g/mol. The van der Waals surface area contributed by atoms with E-state index < -0.39 is 0 Å². The number of hydrogen-bond donors (Lipinski definition) is 1. The Kier molecular flexibility index (Phi) is 7.69. The summed E-state index contributed by atoms with van der Waals surface area (Å²) >= 11 is 6.15. The fraction of sp³-hybridized carbons (Fsp3) is 0.444. The summed E-state index contributed by atoms with van der Waals surface area (Å²) in [6, 6.07) is 13.0. The Morgan fingerprint density at radius 3 is 2.53 bits per heavy atom. The molecule has 2 heterocycles. The average Bonchev–Trinajstić information content (AvgIpc) is 3.23. The molecule has 34 heavy (non-hydrogen) atoms. The van der Waals surface area contributed by atoms with Crippen molar-refractivity contribution in [3.8, 4) is 0 Å². The lowest BCUT2D eigenvalue weighted by Gasteiger charge is -2.39. The van der Waals surface area contributed by atoms with E-state index in [4.69, 9.17) is 11.6 Å². The number of rotatable bonds is 7. The van der Waals surface area contributed by atoms with Crippen molar-refractivity contribution in [2.24, 2.45) is 0 Å². The molecule has 1 atom stereocenters. The molecule has 7 heteroatoms. The lowest BCUT2D eigenvalue weighted by molar-refractivity contribution is -0.137. The van der Waals surface area contributed by atoms with E-state index in [-0.39, 0.29) is 36.1 Å². The first-order chi connectivity index (χ1) is 16.4. The number of aryl methyl sites for hydroxylation is 1. The molecule has 2 saturated heterocycles. The normalized spacial score (nSPS) is 19.4. The second kappa shape index (κ2) is 10.7. The topological polar surface area (TPSA) is 69.7 Å². The van der Waals surface area contributed by atoms with Crippen LogP contribution in [0.4, 0.5) is 0 Å². The van der Waals surface area contributed by atoms with Crippen LogP contribution in [0, 0.1) is 6.92 Å². The van der Waals surface area contributed by atoms with Crippen LogP contribution in [-0.4, -0.2) is 59.6 Å². The third-order valence-corrected chi connectivity index (χ3v) is 7.42. The molecule has 2 aromatic rings. The summed E-state index contributed by atoms with van der Waals surface area (Å²) in [6.07, 6.45) is 2.98. The number of carbonyl (C=O) groups excluding carboxylic acids is 3. The number of hydrogen-bond acceptors (Lipinski definition) is 4. The zero-order chi connectivity index (χ0) is 24.2. The van der Waals surface area contributed by atoms with Gasteiger partial charge in [0.25, 0.3) is 5.91 Å². The maximum atomic E-state index is 13.2. The molecule has 6 nitrogen and oxygen atoms in total. The smallest absolute Gasteiger partial charge is 0.251 e. The summed E-state index contributed by atoms with van der Waals surface area (Å²) in [5.41, 5.74) is 3.66. The van der Waals surface area contributed by atoms with Gasteiger partial charge in [-0.2, -0.15) is 0 Å². The second-order valence-corrected chi connectivity index (χ2v) is 9.78. The minimum Gasteiger partial charge on any atom is -0.355 e. The van der Waals surface area contributed by atoms with Gasteiger partial charge in [0.05, 0.1) is 6.04 Å². The first-order valence-corrected chi connectivity index (χ1v) is 12.4. The fourth-order valence-electron chi connectivity index (χ4n) is 5.18. The lowest BCUT2D eigenvalue weighted by Crippen LogP contribution is -2.50. The molecule has 2 aromatic carbocycles. The van der Waals surface area contributed by atoms with Gasteiger partial charge in [-0.15, -0.1) is 0 Å². The summed E-state index contributed by atoms with van der Waals surface area (Å²) in [4.78, 5) is 42.2. The van der Waals surface area contributed by atoms with E-state index in [1.165, 1.54) is 5.56 Å². The van der Waals surface area contributed by atoms with E-state index in [0.717, 1.165) is 48.6 Å². The number of carbonyl (C=O) groups is 3. The highest BCUT2D eigenvalue weighted by Crippen LogP contribution is 2.29. The summed E-state index contributed by atoms with van der Waals surface area (Å²) < 4.78 is 0. The van der Waals surface area contributed by atoms with E-state index in [9.17, 15) is 14.4 Å². The number of halogens is 1. The highest BCUT2D eigenvalue weighted by atomic mass is 35.5. The van der Waals surface area contributed by atoms with Gasteiger partial charge in [-0.1, -0.05) is 35.9 Å². The number of likely N-dealkylation sites (tertiary alicyclic amines) is 2. The lowest BCUT2D eigenvalue weighted by atomic mass is 9.97. The van der Waals surface area contributed by atoms with Gasteiger partial charge in [-0.05, 0) is 61.1 Å². The van der Waals surface area contributed by atoms with Crippen LogP contribution in [0.3, 0.4) is 0 Å². The molecule has 2 amide bonds. The van der Waals surface area contributed by atoms with Crippen LogP contribution in [0.5, 0.6) is 0 Å². The molecule has 0 bridgehead atoms. The van der Waals surface area contributed by atoms with Crippen molar-refractivity contribution in [2.45, 2.75) is 57.7 Å². The van der Waals surface area contributed by atoms with Crippen molar-refractivity contribution < 1.29 is 14.4 Å². The van der Waals surface area contributed by atoms with Crippen molar-refractivity contribution in [3.63, 3.8) is 0 Å². The van der Waals surface area contributed by atoms with Crippen LogP contribution < -0.4 is 5.32 Å². The van der Waals surface area contributed by atoms with Gasteiger partial charge >= 0.3 is 0 Å². The molecule has 0 saturated carbocycles. The van der Waals surface area contributed by atoms with Crippen LogP contribution in [0.2, 0.25) is 5.02 Å². The Hall–Kier alpha value is -2.70. The zero-order valence-corrected chi connectivity index (χ0v) is 20.6. The molecule has 1 N–H and O–H groups in total. The van der Waals surface area contributed by atoms with Crippen molar-refractivity contribution in [1.29, 1.82) is 0 Å². The Morgan fingerprint density at radius 2 is 1.82 bits per heavy atom. The number of piperidine rings is 1. The number of benzene rings is 2. The van der Waals surface area contributed by atoms with Crippen LogP contribution in [0.1, 0.15) is 52.7 Å². The average molecular weight is 482 g/mol. The fourth-order valence-corrected chi connectivity index (χ4v) is 5.30. The van der Waals surface area contributed by atoms with Crippen molar-refractivity contribution in [1.82, 2.24) is 15.1 Å². The number of Topliss-reactive ketones (excluding diaryl/α,β-unsaturated/α-hetero) is 1. The minimum atomic E-state index is -0.369. The Labute approximate surface area is 206 Å². The van der Waals surface area contributed by atoms with E-state index in [2.05, 4.69) is 22.3 Å². The predicted octanol–water partition coefficient (Wildman–Crippen LogP) is 3.78. The summed E-state index contributed by atoms with van der Waals surface area (Å²) in [5.74, 6) is -0.0318. The van der Waals surface area contributed by atoms with Crippen molar-refractivity contribution >= 4 is 29.2 Å². The maximum Gasteiger partial charge on any atom is 0.251 e. The molecule has 0 radical (unpaired) electrons. The van der Waals surface area contributed by atoms with Gasteiger partial charge in [0.1, 0.15) is 0 Å². The predicted molar refractivity (Wildman–Crippen MR) is 133 cm³/mol. The van der Waals surface area contributed by atoms with Crippen molar-refractivity contribution in [3.05, 3.63) is 69.7 Å². The van der Waals surface area contributed by atoms with Gasteiger partial charge in [0.15, 0.2) is 5.78 Å². The summed E-state index contributed by atoms with van der Waals surface area (Å²) in [7, 11) is 1.59. The van der Waals surface area contributed by atoms with Crippen LogP contribution in [0.15, 0.2) is 42.5 Å². The van der Waals surface area contributed by atoms with Crippen LogP contribution >= 0.6 is 11.6 Å². The Morgan fingerprint density at radius 1 is 1.06 bits per heavy atom. The number of ketones is 1. The third-order valence-electron chi connectivity index (χ3n) is 7.00. The van der Waals surface area contributed by atoms with Crippen LogP contribution in [0.25, 0.3) is 0 Å². The number of nitrogens with zero attached hydrogens (tertiary/aromatic N) is 2. The largest absolute Gasteiger partial charge is 0.355 e. The molecule has 0 unspecified atom stereocenters. The number of nitrogens with one attached hydrogen (secondary N) is 1. The van der Waals surface area contributed by atoms with Gasteiger partial charge in [-0.3, -0.25) is 19.3 Å². The van der Waals surface area contributed by atoms with E-state index >= 15 is 0 Å². The molecule has 4 rings (SSSR count). The van der Waals surface area contributed by atoms with Gasteiger partial charge in [0, 0.05) is 56.2 Å². The molecule has 0 aromatic heterocycles. The zero-order valence-electron chi connectivity index (χ0n) is 19.9.